The van der Waals surface area contributed by atoms with Gasteiger partial charge < -0.3 is 15.7 Å². The molecule has 2 amide bonds. The van der Waals surface area contributed by atoms with Crippen LogP contribution in [0.5, 0.6) is 0 Å². The SMILES string of the molecule is Cc1cc(CNC(=O)c2cc(C(=O)N[C@H](C(=O)O)C3CCCCC3)n3ncnc3n2)ccc1F. The molecule has 1 atom stereocenters. The predicted octanol–water partition coefficient (Wildman–Crippen LogP) is 2.27. The molecule has 0 aliphatic heterocycles. The summed E-state index contributed by atoms with van der Waals surface area (Å²) < 4.78 is 14.6. The van der Waals surface area contributed by atoms with E-state index in [-0.39, 0.29) is 35.4 Å². The third kappa shape index (κ3) is 5.03. The molecule has 3 aromatic rings. The van der Waals surface area contributed by atoms with Gasteiger partial charge in [-0.3, -0.25) is 9.59 Å². The molecule has 1 aromatic carbocycles. The van der Waals surface area contributed by atoms with Crippen LogP contribution in [0.3, 0.4) is 0 Å². The number of hydrogen-bond acceptors (Lipinski definition) is 6. The quantitative estimate of drug-likeness (QED) is 0.483. The average Bonchev–Trinajstić information content (AvgIpc) is 3.31. The average molecular weight is 468 g/mol. The Morgan fingerprint density at radius 3 is 2.65 bits per heavy atom. The van der Waals surface area contributed by atoms with E-state index in [9.17, 15) is 23.9 Å². The molecular weight excluding hydrogens is 443 g/mol. The molecule has 11 heteroatoms. The van der Waals surface area contributed by atoms with Crippen molar-refractivity contribution in [2.75, 3.05) is 0 Å². The molecule has 0 saturated heterocycles. The van der Waals surface area contributed by atoms with Crippen molar-refractivity contribution in [2.24, 2.45) is 5.92 Å². The second-order valence-electron chi connectivity index (χ2n) is 8.45. The molecule has 1 saturated carbocycles. The van der Waals surface area contributed by atoms with Gasteiger partial charge in [0.2, 0.25) is 0 Å². The zero-order valence-electron chi connectivity index (χ0n) is 18.6. The summed E-state index contributed by atoms with van der Waals surface area (Å²) in [6.45, 7) is 1.76. The van der Waals surface area contributed by atoms with Gasteiger partial charge in [-0.1, -0.05) is 31.4 Å². The van der Waals surface area contributed by atoms with E-state index in [0.29, 0.717) is 11.1 Å². The number of benzene rings is 1. The topological polar surface area (TPSA) is 139 Å². The van der Waals surface area contributed by atoms with Gasteiger partial charge in [0.15, 0.2) is 0 Å². The highest BCUT2D eigenvalue weighted by Crippen LogP contribution is 2.27. The van der Waals surface area contributed by atoms with Crippen LogP contribution in [-0.2, 0) is 11.3 Å². The van der Waals surface area contributed by atoms with Crippen molar-refractivity contribution in [2.45, 2.75) is 51.6 Å². The maximum atomic E-state index is 13.5. The molecule has 1 aliphatic rings. The number of nitrogens with one attached hydrogen (secondary N) is 2. The molecule has 1 fully saturated rings. The largest absolute Gasteiger partial charge is 0.480 e. The molecule has 0 bridgehead atoms. The van der Waals surface area contributed by atoms with Crippen molar-refractivity contribution in [3.63, 3.8) is 0 Å². The van der Waals surface area contributed by atoms with Crippen molar-refractivity contribution < 1.29 is 23.9 Å². The Kier molecular flexibility index (Phi) is 6.80. The van der Waals surface area contributed by atoms with Gasteiger partial charge in [-0.15, -0.1) is 0 Å². The van der Waals surface area contributed by atoms with E-state index in [1.807, 2.05) is 0 Å². The van der Waals surface area contributed by atoms with Gasteiger partial charge in [-0.05, 0) is 42.9 Å². The third-order valence-corrected chi connectivity index (χ3v) is 6.07. The van der Waals surface area contributed by atoms with Gasteiger partial charge in [-0.2, -0.15) is 14.6 Å². The molecule has 34 heavy (non-hydrogen) atoms. The van der Waals surface area contributed by atoms with Crippen molar-refractivity contribution >= 4 is 23.6 Å². The van der Waals surface area contributed by atoms with Crippen molar-refractivity contribution in [3.05, 3.63) is 58.9 Å². The fourth-order valence-corrected chi connectivity index (χ4v) is 4.24. The van der Waals surface area contributed by atoms with E-state index in [4.69, 9.17) is 0 Å². The lowest BCUT2D eigenvalue weighted by atomic mass is 9.84. The lowest BCUT2D eigenvalue weighted by Gasteiger charge is -2.28. The van der Waals surface area contributed by atoms with Gasteiger partial charge >= 0.3 is 5.97 Å². The number of hydrogen-bond donors (Lipinski definition) is 3. The van der Waals surface area contributed by atoms with E-state index in [1.165, 1.54) is 18.5 Å². The van der Waals surface area contributed by atoms with E-state index in [1.54, 1.807) is 19.1 Å². The molecular formula is C23H25FN6O4. The lowest BCUT2D eigenvalue weighted by Crippen LogP contribution is -2.47. The first-order chi connectivity index (χ1) is 16.3. The molecule has 0 unspecified atom stereocenters. The first kappa shape index (κ1) is 23.3. The zero-order chi connectivity index (χ0) is 24.2. The zero-order valence-corrected chi connectivity index (χ0v) is 18.6. The fourth-order valence-electron chi connectivity index (χ4n) is 4.24. The molecule has 2 heterocycles. The van der Waals surface area contributed by atoms with Crippen LogP contribution in [0.4, 0.5) is 4.39 Å². The maximum Gasteiger partial charge on any atom is 0.326 e. The Labute approximate surface area is 194 Å². The summed E-state index contributed by atoms with van der Waals surface area (Å²) in [7, 11) is 0. The second kappa shape index (κ2) is 9.94. The van der Waals surface area contributed by atoms with Crippen LogP contribution in [0.25, 0.3) is 5.78 Å². The Hall–Kier alpha value is -3.89. The normalized spacial score (nSPS) is 15.1. The van der Waals surface area contributed by atoms with Gasteiger partial charge in [-0.25, -0.2) is 14.2 Å². The number of carbonyl (C=O) groups excluding carboxylic acids is 2. The number of carboxylic acid groups (broad SMARTS) is 1. The van der Waals surface area contributed by atoms with Crippen LogP contribution < -0.4 is 10.6 Å². The minimum Gasteiger partial charge on any atom is -0.480 e. The molecule has 3 N–H and O–H groups in total. The Morgan fingerprint density at radius 2 is 1.94 bits per heavy atom. The van der Waals surface area contributed by atoms with Gasteiger partial charge in [0.25, 0.3) is 17.6 Å². The lowest BCUT2D eigenvalue weighted by molar-refractivity contribution is -0.141. The summed E-state index contributed by atoms with van der Waals surface area (Å²) in [5.74, 6) is -2.82. The van der Waals surface area contributed by atoms with Crippen LogP contribution in [-0.4, -0.2) is 48.5 Å². The highest BCUT2D eigenvalue weighted by molar-refractivity contribution is 5.99. The molecule has 178 valence electrons. The fraction of sp³-hybridized carbons (Fsp3) is 0.391. The number of carboxylic acids is 1. The van der Waals surface area contributed by atoms with Crippen LogP contribution >= 0.6 is 0 Å². The monoisotopic (exact) mass is 468 g/mol. The van der Waals surface area contributed by atoms with Crippen LogP contribution in [0, 0.1) is 18.7 Å². The highest BCUT2D eigenvalue weighted by atomic mass is 19.1. The molecule has 1 aliphatic carbocycles. The van der Waals surface area contributed by atoms with Crippen molar-refractivity contribution in [1.29, 1.82) is 0 Å². The van der Waals surface area contributed by atoms with Crippen LogP contribution in [0.1, 0.15) is 64.2 Å². The summed E-state index contributed by atoms with van der Waals surface area (Å²) in [6, 6.07) is 4.72. The van der Waals surface area contributed by atoms with Crippen molar-refractivity contribution in [1.82, 2.24) is 30.2 Å². The number of rotatable bonds is 7. The number of aliphatic carboxylic acids is 1. The van der Waals surface area contributed by atoms with E-state index >= 15 is 0 Å². The van der Waals surface area contributed by atoms with Crippen molar-refractivity contribution in [3.8, 4) is 0 Å². The Bertz CT molecular complexity index is 1240. The number of nitrogens with zero attached hydrogens (tertiary/aromatic N) is 4. The predicted molar refractivity (Wildman–Crippen MR) is 119 cm³/mol. The Morgan fingerprint density at radius 1 is 1.18 bits per heavy atom. The van der Waals surface area contributed by atoms with E-state index < -0.39 is 23.8 Å². The summed E-state index contributed by atoms with van der Waals surface area (Å²) in [5.41, 5.74) is 1.03. The molecule has 0 spiro atoms. The summed E-state index contributed by atoms with van der Waals surface area (Å²) in [4.78, 5) is 45.8. The van der Waals surface area contributed by atoms with E-state index in [2.05, 4.69) is 25.7 Å². The highest BCUT2D eigenvalue weighted by Gasteiger charge is 2.32. The maximum absolute atomic E-state index is 13.5. The molecule has 10 nitrogen and oxygen atoms in total. The first-order valence-electron chi connectivity index (χ1n) is 11.1. The van der Waals surface area contributed by atoms with Gasteiger partial charge in [0, 0.05) is 12.6 Å². The van der Waals surface area contributed by atoms with Gasteiger partial charge in [0.05, 0.1) is 0 Å². The smallest absolute Gasteiger partial charge is 0.326 e. The van der Waals surface area contributed by atoms with E-state index in [0.717, 1.165) is 36.6 Å². The minimum absolute atomic E-state index is 0.0277. The second-order valence-corrected chi connectivity index (χ2v) is 8.45. The standard InChI is InChI=1S/C23H25FN6O4/c1-13-9-14(7-8-16(13)24)11-25-20(31)17-10-18(30-23(28-17)26-12-27-30)21(32)29-19(22(33)34)15-5-3-2-4-6-15/h7-10,12,15,19H,2-6,11H2,1H3,(H,25,31)(H,29,32)(H,33,34)/t19-/m0/s1. The number of carbonyl (C=O) groups is 3. The first-order valence-corrected chi connectivity index (χ1v) is 11.1. The Balaban J connectivity index is 1.55. The molecule has 0 radical (unpaired) electrons. The summed E-state index contributed by atoms with van der Waals surface area (Å²) in [5, 5.41) is 19.0. The number of halogens is 1. The number of amides is 2. The number of aryl methyl sites for hydroxylation is 1. The minimum atomic E-state index is -1.10. The summed E-state index contributed by atoms with van der Waals surface area (Å²) >= 11 is 0. The van der Waals surface area contributed by atoms with Gasteiger partial charge in [0.1, 0.15) is 29.6 Å². The third-order valence-electron chi connectivity index (χ3n) is 6.07. The molecule has 4 rings (SSSR count). The number of fused-ring (bicyclic) bond motifs is 1. The van der Waals surface area contributed by atoms with Crippen LogP contribution in [0.2, 0.25) is 0 Å². The molecule has 2 aromatic heterocycles. The summed E-state index contributed by atoms with van der Waals surface area (Å²) in [6.07, 6.45) is 5.54. The number of aromatic nitrogens is 4. The van der Waals surface area contributed by atoms with Crippen LogP contribution in [0.15, 0.2) is 30.6 Å².